The molecule has 0 bridgehead atoms. The summed E-state index contributed by atoms with van der Waals surface area (Å²) >= 11 is 0. The topological polar surface area (TPSA) is 12.9 Å². The predicted octanol–water partition coefficient (Wildman–Crippen LogP) is 3.50. The fraction of sp³-hybridized carbons (Fsp3) is 0.0714. The zero-order chi connectivity index (χ0) is 10.3. The van der Waals surface area contributed by atoms with Crippen molar-refractivity contribution in [2.24, 2.45) is 0 Å². The molecule has 0 aliphatic heterocycles. The predicted molar refractivity (Wildman–Crippen MR) is 62.8 cm³/mol. The first-order valence-corrected chi connectivity index (χ1v) is 5.01. The number of hydrogen-bond donors (Lipinski definition) is 0. The van der Waals surface area contributed by atoms with Gasteiger partial charge in [-0.3, -0.25) is 0 Å². The van der Waals surface area contributed by atoms with Gasteiger partial charge in [0, 0.05) is 16.8 Å². The maximum atomic E-state index is 4.62. The van der Waals surface area contributed by atoms with E-state index in [1.807, 2.05) is 12.1 Å². The lowest BCUT2D eigenvalue weighted by Gasteiger charge is -2.03. The molecule has 71 valence electrons. The number of rotatable bonds is 0. The van der Waals surface area contributed by atoms with Gasteiger partial charge in [0.05, 0.1) is 11.0 Å². The number of aryl methyl sites for hydroxylation is 1. The zero-order valence-electron chi connectivity index (χ0n) is 8.49. The van der Waals surface area contributed by atoms with Gasteiger partial charge in [-0.15, -0.1) is 0 Å². The van der Waals surface area contributed by atoms with Gasteiger partial charge in [0.25, 0.3) is 0 Å². The molecule has 1 nitrogen and oxygen atoms in total. The number of benzene rings is 2. The van der Waals surface area contributed by atoms with Crippen molar-refractivity contribution >= 4 is 21.8 Å². The summed E-state index contributed by atoms with van der Waals surface area (Å²) in [5, 5.41) is 2.35. The molecule has 0 unspecified atom stereocenters. The van der Waals surface area contributed by atoms with Crippen molar-refractivity contribution in [3.05, 3.63) is 54.1 Å². The van der Waals surface area contributed by atoms with E-state index in [9.17, 15) is 0 Å². The van der Waals surface area contributed by atoms with Gasteiger partial charge < -0.3 is 0 Å². The Bertz CT molecular complexity index is 641. The van der Waals surface area contributed by atoms with E-state index in [4.69, 9.17) is 0 Å². The Balaban J connectivity index is 2.53. The highest BCUT2D eigenvalue weighted by Gasteiger charge is 2.00. The van der Waals surface area contributed by atoms with Gasteiger partial charge in [-0.2, -0.15) is 0 Å². The minimum Gasteiger partial charge on any atom is -0.247 e. The number of hydrogen-bond acceptors (Lipinski definition) is 1. The Labute approximate surface area is 88.4 Å². The molecule has 1 heteroatoms. The van der Waals surface area contributed by atoms with E-state index in [1.54, 1.807) is 0 Å². The number of nitrogens with zero attached hydrogens (tertiary/aromatic N) is 1. The van der Waals surface area contributed by atoms with Crippen LogP contribution >= 0.6 is 0 Å². The van der Waals surface area contributed by atoms with Crippen molar-refractivity contribution in [3.63, 3.8) is 0 Å². The molecule has 0 fully saturated rings. The second-order valence-corrected chi connectivity index (χ2v) is 3.74. The summed E-state index contributed by atoms with van der Waals surface area (Å²) in [5.74, 6) is 0. The van der Waals surface area contributed by atoms with Crippen LogP contribution in [0.15, 0.2) is 42.5 Å². The average molecular weight is 192 g/mol. The molecule has 3 rings (SSSR count). The van der Waals surface area contributed by atoms with Crippen LogP contribution in [0.25, 0.3) is 21.8 Å². The van der Waals surface area contributed by atoms with Gasteiger partial charge >= 0.3 is 0 Å². The fourth-order valence-corrected chi connectivity index (χ4v) is 1.88. The lowest BCUT2D eigenvalue weighted by Crippen LogP contribution is -1.85. The molecule has 0 spiro atoms. The number of fused-ring (bicyclic) bond motifs is 2. The Morgan fingerprint density at radius 1 is 1.07 bits per heavy atom. The first-order valence-electron chi connectivity index (χ1n) is 5.01. The van der Waals surface area contributed by atoms with Crippen LogP contribution in [-0.4, -0.2) is 4.98 Å². The van der Waals surface area contributed by atoms with Crippen LogP contribution in [0.3, 0.4) is 0 Å². The zero-order valence-corrected chi connectivity index (χ0v) is 8.49. The van der Waals surface area contributed by atoms with Gasteiger partial charge in [-0.1, -0.05) is 36.4 Å². The molecule has 0 atom stereocenters. The van der Waals surface area contributed by atoms with Crippen molar-refractivity contribution in [2.75, 3.05) is 0 Å². The van der Waals surface area contributed by atoms with Gasteiger partial charge in [0.2, 0.25) is 0 Å². The van der Waals surface area contributed by atoms with E-state index < -0.39 is 0 Å². The average Bonchev–Trinajstić information content (AvgIpc) is 2.27. The maximum absolute atomic E-state index is 4.62. The molecule has 3 aromatic rings. The second kappa shape index (κ2) is 3.06. The van der Waals surface area contributed by atoms with Gasteiger partial charge in [-0.05, 0) is 18.6 Å². The first kappa shape index (κ1) is 8.42. The standard InChI is InChI=1S/C14H10N/c1-10-5-4-7-12-9-11-6-2-3-8-13(11)15-14(10)12/h2-7,9H,1H3. The van der Waals surface area contributed by atoms with E-state index in [1.165, 1.54) is 10.9 Å². The van der Waals surface area contributed by atoms with E-state index in [-0.39, 0.29) is 0 Å². The lowest BCUT2D eigenvalue weighted by molar-refractivity contribution is 1.42. The van der Waals surface area contributed by atoms with E-state index in [0.29, 0.717) is 0 Å². The Kier molecular flexibility index (Phi) is 1.72. The van der Waals surface area contributed by atoms with Crippen LogP contribution in [0.2, 0.25) is 0 Å². The molecule has 0 aliphatic carbocycles. The quantitative estimate of drug-likeness (QED) is 0.497. The van der Waals surface area contributed by atoms with E-state index in [0.717, 1.165) is 16.4 Å². The molecule has 15 heavy (non-hydrogen) atoms. The summed E-state index contributed by atoms with van der Waals surface area (Å²) in [6.07, 6.45) is 0. The molecule has 0 amide bonds. The highest BCUT2D eigenvalue weighted by atomic mass is 14.7. The number of pyridine rings is 1. The van der Waals surface area contributed by atoms with Crippen LogP contribution in [0.4, 0.5) is 0 Å². The minimum absolute atomic E-state index is 0.944. The summed E-state index contributed by atoms with van der Waals surface area (Å²) in [6, 6.07) is 17.5. The molecule has 0 saturated heterocycles. The van der Waals surface area contributed by atoms with Crippen molar-refractivity contribution in [3.8, 4) is 0 Å². The van der Waals surface area contributed by atoms with E-state index in [2.05, 4.69) is 48.3 Å². The Morgan fingerprint density at radius 3 is 2.87 bits per heavy atom. The molecule has 0 saturated carbocycles. The third kappa shape index (κ3) is 1.28. The SMILES string of the molecule is Cc1cccc2cc3ccc[c]c3nc12. The lowest BCUT2D eigenvalue weighted by atomic mass is 10.1. The number of aromatic nitrogens is 1. The second-order valence-electron chi connectivity index (χ2n) is 3.74. The number of para-hydroxylation sites is 2. The Hall–Kier alpha value is -1.89. The molecule has 0 N–H and O–H groups in total. The van der Waals surface area contributed by atoms with E-state index >= 15 is 0 Å². The van der Waals surface area contributed by atoms with Crippen LogP contribution in [-0.2, 0) is 0 Å². The van der Waals surface area contributed by atoms with Crippen molar-refractivity contribution in [1.29, 1.82) is 0 Å². The summed E-state index contributed by atoms with van der Waals surface area (Å²) in [7, 11) is 0. The van der Waals surface area contributed by atoms with Crippen molar-refractivity contribution < 1.29 is 0 Å². The largest absolute Gasteiger partial charge is 0.247 e. The van der Waals surface area contributed by atoms with Crippen LogP contribution in [0.1, 0.15) is 5.56 Å². The summed E-state index contributed by atoms with van der Waals surface area (Å²) < 4.78 is 0. The summed E-state index contributed by atoms with van der Waals surface area (Å²) in [6.45, 7) is 2.09. The third-order valence-corrected chi connectivity index (χ3v) is 2.67. The van der Waals surface area contributed by atoms with Gasteiger partial charge in [-0.25, -0.2) is 4.98 Å². The van der Waals surface area contributed by atoms with Crippen LogP contribution < -0.4 is 0 Å². The van der Waals surface area contributed by atoms with Crippen LogP contribution in [0, 0.1) is 13.0 Å². The Morgan fingerprint density at radius 2 is 1.93 bits per heavy atom. The molecule has 1 radical (unpaired) electrons. The van der Waals surface area contributed by atoms with Gasteiger partial charge in [0.15, 0.2) is 0 Å². The highest BCUT2D eigenvalue weighted by Crippen LogP contribution is 2.21. The molecule has 2 aromatic carbocycles. The van der Waals surface area contributed by atoms with Gasteiger partial charge in [0.1, 0.15) is 0 Å². The fourth-order valence-electron chi connectivity index (χ4n) is 1.88. The minimum atomic E-state index is 0.944. The maximum Gasteiger partial charge on any atom is 0.0788 e. The normalized spacial score (nSPS) is 11.0. The highest BCUT2D eigenvalue weighted by molar-refractivity contribution is 5.93. The van der Waals surface area contributed by atoms with Crippen molar-refractivity contribution in [2.45, 2.75) is 6.92 Å². The third-order valence-electron chi connectivity index (χ3n) is 2.67. The molecular weight excluding hydrogens is 182 g/mol. The van der Waals surface area contributed by atoms with Crippen LogP contribution in [0.5, 0.6) is 0 Å². The molecule has 1 aromatic heterocycles. The first-order chi connectivity index (χ1) is 7.34. The summed E-state index contributed by atoms with van der Waals surface area (Å²) in [4.78, 5) is 4.62. The van der Waals surface area contributed by atoms with Crippen molar-refractivity contribution in [1.82, 2.24) is 4.98 Å². The monoisotopic (exact) mass is 192 g/mol. The summed E-state index contributed by atoms with van der Waals surface area (Å²) in [5.41, 5.74) is 3.23. The smallest absolute Gasteiger partial charge is 0.0788 e. The molecule has 1 heterocycles. The molecular formula is C14H10N. The molecule has 0 aliphatic rings.